The van der Waals surface area contributed by atoms with E-state index in [2.05, 4.69) is 27.3 Å². The molecule has 34 heavy (non-hydrogen) atoms. The third-order valence-electron chi connectivity index (χ3n) is 6.84. The van der Waals surface area contributed by atoms with Crippen LogP contribution < -0.4 is 10.2 Å². The zero-order chi connectivity index (χ0) is 24.1. The van der Waals surface area contributed by atoms with Gasteiger partial charge in [0.25, 0.3) is 0 Å². The van der Waals surface area contributed by atoms with Crippen LogP contribution in [0, 0.1) is 5.92 Å². The van der Waals surface area contributed by atoms with Gasteiger partial charge in [0, 0.05) is 61.2 Å². The van der Waals surface area contributed by atoms with Gasteiger partial charge in [-0.05, 0) is 74.4 Å². The number of carbonyl (C=O) groups is 1. The lowest BCUT2D eigenvalue weighted by atomic mass is 9.91. The highest BCUT2D eigenvalue weighted by Crippen LogP contribution is 2.30. The van der Waals surface area contributed by atoms with Gasteiger partial charge in [-0.1, -0.05) is 11.6 Å². The van der Waals surface area contributed by atoms with E-state index < -0.39 is 11.9 Å². The lowest BCUT2D eigenvalue weighted by Crippen LogP contribution is -2.42. The normalized spacial score (nSPS) is 18.2. The highest BCUT2D eigenvalue weighted by Gasteiger charge is 2.33. The van der Waals surface area contributed by atoms with E-state index in [0.717, 1.165) is 56.3 Å². The Kier molecular flexibility index (Phi) is 7.86. The Bertz CT molecular complexity index is 953. The number of amides is 1. The molecule has 184 valence electrons. The topological polar surface area (TPSA) is 48.5 Å². The van der Waals surface area contributed by atoms with Crippen molar-refractivity contribution in [2.75, 3.05) is 36.4 Å². The Balaban J connectivity index is 1.16. The Morgan fingerprint density at radius 1 is 1.03 bits per heavy atom. The minimum atomic E-state index is -4.46. The summed E-state index contributed by atoms with van der Waals surface area (Å²) in [5.74, 6) is 0.739. The highest BCUT2D eigenvalue weighted by molar-refractivity contribution is 6.30. The summed E-state index contributed by atoms with van der Waals surface area (Å²) in [5.41, 5.74) is 0.706. The zero-order valence-corrected chi connectivity index (χ0v) is 19.8. The van der Waals surface area contributed by atoms with Crippen LogP contribution in [-0.2, 0) is 11.0 Å². The number of aromatic nitrogens is 1. The molecule has 1 aromatic carbocycles. The molecular weight excluding hydrogens is 465 g/mol. The molecular formula is C25H30ClF3N4O. The molecule has 1 amide bonds. The van der Waals surface area contributed by atoms with Gasteiger partial charge in [0.05, 0.1) is 0 Å². The molecule has 0 saturated carbocycles. The van der Waals surface area contributed by atoms with Crippen molar-refractivity contribution in [2.24, 2.45) is 5.92 Å². The molecule has 2 aromatic rings. The van der Waals surface area contributed by atoms with Gasteiger partial charge in [-0.25, -0.2) is 0 Å². The summed E-state index contributed by atoms with van der Waals surface area (Å²) in [6.45, 7) is 3.23. The number of carbonyl (C=O) groups excluding carboxylic acids is 1. The van der Waals surface area contributed by atoms with Crippen molar-refractivity contribution in [2.45, 2.75) is 50.7 Å². The average Bonchev–Trinajstić information content (AvgIpc) is 2.83. The van der Waals surface area contributed by atoms with E-state index in [0.29, 0.717) is 31.1 Å². The van der Waals surface area contributed by atoms with Gasteiger partial charge in [-0.2, -0.15) is 13.2 Å². The number of pyridine rings is 1. The van der Waals surface area contributed by atoms with Crippen LogP contribution in [0.3, 0.4) is 0 Å². The maximum atomic E-state index is 12.9. The number of nitrogens with zero attached hydrogens (tertiary/aromatic N) is 3. The predicted octanol–water partition coefficient (Wildman–Crippen LogP) is 5.85. The van der Waals surface area contributed by atoms with Gasteiger partial charge >= 0.3 is 6.18 Å². The molecule has 0 bridgehead atoms. The fourth-order valence-electron chi connectivity index (χ4n) is 4.80. The van der Waals surface area contributed by atoms with Gasteiger partial charge in [-0.15, -0.1) is 0 Å². The van der Waals surface area contributed by atoms with Crippen molar-refractivity contribution >= 4 is 28.9 Å². The molecule has 0 aliphatic carbocycles. The van der Waals surface area contributed by atoms with Crippen LogP contribution in [0.2, 0.25) is 5.02 Å². The largest absolute Gasteiger partial charge is 0.433 e. The quantitative estimate of drug-likeness (QED) is 0.547. The van der Waals surface area contributed by atoms with Gasteiger partial charge in [0.2, 0.25) is 5.91 Å². The van der Waals surface area contributed by atoms with Crippen molar-refractivity contribution < 1.29 is 18.0 Å². The van der Waals surface area contributed by atoms with Gasteiger partial charge in [0.1, 0.15) is 5.69 Å². The lowest BCUT2D eigenvalue weighted by molar-refractivity contribution is -0.141. The molecule has 4 rings (SSSR count). The molecule has 3 heterocycles. The maximum Gasteiger partial charge on any atom is 0.433 e. The maximum absolute atomic E-state index is 12.9. The summed E-state index contributed by atoms with van der Waals surface area (Å²) in [6.07, 6.45) is 1.76. The number of rotatable bonds is 6. The van der Waals surface area contributed by atoms with Crippen molar-refractivity contribution in [3.63, 3.8) is 0 Å². The number of alkyl halides is 3. The first-order valence-electron chi connectivity index (χ1n) is 11.9. The predicted molar refractivity (Wildman–Crippen MR) is 128 cm³/mol. The molecule has 1 aromatic heterocycles. The molecule has 0 radical (unpaired) electrons. The number of hydrogen-bond acceptors (Lipinski definition) is 4. The summed E-state index contributed by atoms with van der Waals surface area (Å²) < 4.78 is 38.6. The summed E-state index contributed by atoms with van der Waals surface area (Å²) in [7, 11) is 0. The van der Waals surface area contributed by atoms with Crippen LogP contribution in [0.1, 0.15) is 44.2 Å². The number of likely N-dealkylation sites (tertiary alicyclic amines) is 1. The minimum absolute atomic E-state index is 0.0460. The number of anilines is 2. The second kappa shape index (κ2) is 10.8. The lowest BCUT2D eigenvalue weighted by Gasteiger charge is -2.35. The Labute approximate surface area is 203 Å². The molecule has 2 aliphatic rings. The summed E-state index contributed by atoms with van der Waals surface area (Å²) in [5, 5.41) is 3.91. The first-order valence-corrected chi connectivity index (χ1v) is 12.2. The van der Waals surface area contributed by atoms with Gasteiger partial charge in [0.15, 0.2) is 0 Å². The van der Waals surface area contributed by atoms with Crippen LogP contribution in [0.15, 0.2) is 42.6 Å². The van der Waals surface area contributed by atoms with E-state index in [1.165, 1.54) is 11.9 Å². The Morgan fingerprint density at radius 2 is 1.71 bits per heavy atom. The number of benzene rings is 1. The molecule has 0 unspecified atom stereocenters. The molecule has 2 fully saturated rings. The van der Waals surface area contributed by atoms with Crippen LogP contribution in [0.4, 0.5) is 24.5 Å². The monoisotopic (exact) mass is 494 g/mol. The first kappa shape index (κ1) is 24.6. The zero-order valence-electron chi connectivity index (χ0n) is 19.0. The molecule has 9 heteroatoms. The van der Waals surface area contributed by atoms with Crippen LogP contribution in [0.5, 0.6) is 0 Å². The summed E-state index contributed by atoms with van der Waals surface area (Å²) in [4.78, 5) is 20.4. The fourth-order valence-corrected chi connectivity index (χ4v) is 4.93. The van der Waals surface area contributed by atoms with Gasteiger partial charge < -0.3 is 15.1 Å². The summed E-state index contributed by atoms with van der Waals surface area (Å²) in [6, 6.07) is 10.6. The molecule has 0 spiro atoms. The SMILES string of the molecule is O=C(CCC1CCN(c2ccc(Cl)cc2)CC1)N1CCC(Nc2ccnc(C(F)(F)F)c2)CC1. The van der Waals surface area contributed by atoms with Crippen molar-refractivity contribution in [1.82, 2.24) is 9.88 Å². The van der Waals surface area contributed by atoms with E-state index in [-0.39, 0.29) is 11.9 Å². The molecule has 0 atom stereocenters. The van der Waals surface area contributed by atoms with Gasteiger partial charge in [-0.3, -0.25) is 9.78 Å². The van der Waals surface area contributed by atoms with E-state index in [1.54, 1.807) is 6.07 Å². The first-order chi connectivity index (χ1) is 16.3. The van der Waals surface area contributed by atoms with Crippen LogP contribution >= 0.6 is 11.6 Å². The van der Waals surface area contributed by atoms with Crippen LogP contribution in [0.25, 0.3) is 0 Å². The van der Waals surface area contributed by atoms with Crippen molar-refractivity contribution in [1.29, 1.82) is 0 Å². The second-order valence-electron chi connectivity index (χ2n) is 9.17. The number of hydrogen-bond donors (Lipinski definition) is 1. The standard InChI is InChI=1S/C25H30ClF3N4O/c26-19-2-4-22(5-3-19)32-13-8-18(9-14-32)1-6-24(34)33-15-10-20(11-16-33)31-21-7-12-30-23(17-21)25(27,28)29/h2-5,7,12,17-18,20H,1,6,8-11,13-16H2,(H,30,31). The summed E-state index contributed by atoms with van der Waals surface area (Å²) >= 11 is 5.98. The highest BCUT2D eigenvalue weighted by atomic mass is 35.5. The van der Waals surface area contributed by atoms with Crippen molar-refractivity contribution in [3.05, 3.63) is 53.3 Å². The molecule has 5 nitrogen and oxygen atoms in total. The third kappa shape index (κ3) is 6.56. The molecule has 2 saturated heterocycles. The third-order valence-corrected chi connectivity index (χ3v) is 7.09. The number of piperidine rings is 2. The Hall–Kier alpha value is -2.48. The number of nitrogens with one attached hydrogen (secondary N) is 1. The smallest absolute Gasteiger partial charge is 0.382 e. The van der Waals surface area contributed by atoms with Crippen molar-refractivity contribution in [3.8, 4) is 0 Å². The van der Waals surface area contributed by atoms with E-state index in [4.69, 9.17) is 11.6 Å². The second-order valence-corrected chi connectivity index (χ2v) is 9.61. The minimum Gasteiger partial charge on any atom is -0.382 e. The average molecular weight is 495 g/mol. The molecule has 2 aliphatic heterocycles. The Morgan fingerprint density at radius 3 is 2.35 bits per heavy atom. The van der Waals surface area contributed by atoms with E-state index >= 15 is 0 Å². The molecule has 1 N–H and O–H groups in total. The van der Waals surface area contributed by atoms with E-state index in [1.807, 2.05) is 17.0 Å². The number of halogens is 4. The fraction of sp³-hybridized carbons (Fsp3) is 0.520. The van der Waals surface area contributed by atoms with E-state index in [9.17, 15) is 18.0 Å². The van der Waals surface area contributed by atoms with Crippen LogP contribution in [-0.4, -0.2) is 48.0 Å².